The molecule has 2 unspecified atom stereocenters. The summed E-state index contributed by atoms with van der Waals surface area (Å²) >= 11 is 0. The SMILES string of the molecule is CCC(C)N(C)CC(N)c1cc2ccccc2o1. The topological polar surface area (TPSA) is 42.4 Å². The molecule has 2 rings (SSSR count). The highest BCUT2D eigenvalue weighted by molar-refractivity contribution is 5.77. The molecule has 0 spiro atoms. The Morgan fingerprint density at radius 3 is 2.72 bits per heavy atom. The first-order valence-corrected chi connectivity index (χ1v) is 6.56. The lowest BCUT2D eigenvalue weighted by Gasteiger charge is -2.25. The fraction of sp³-hybridized carbons (Fsp3) is 0.467. The Morgan fingerprint density at radius 2 is 2.06 bits per heavy atom. The number of likely N-dealkylation sites (N-methyl/N-ethyl adjacent to an activating group) is 1. The van der Waals surface area contributed by atoms with Gasteiger partial charge in [0.25, 0.3) is 0 Å². The molecule has 2 atom stereocenters. The van der Waals surface area contributed by atoms with Crippen molar-refractivity contribution in [3.63, 3.8) is 0 Å². The van der Waals surface area contributed by atoms with Gasteiger partial charge in [-0.25, -0.2) is 0 Å². The summed E-state index contributed by atoms with van der Waals surface area (Å²) in [6.45, 7) is 5.22. The second-order valence-electron chi connectivity index (χ2n) is 4.99. The molecule has 1 aromatic heterocycles. The Hall–Kier alpha value is -1.32. The normalized spacial score (nSPS) is 15.2. The molecule has 3 heteroatoms. The number of furan rings is 1. The summed E-state index contributed by atoms with van der Waals surface area (Å²) < 4.78 is 5.79. The van der Waals surface area contributed by atoms with E-state index < -0.39 is 0 Å². The molecule has 0 aliphatic carbocycles. The lowest BCUT2D eigenvalue weighted by atomic mass is 10.1. The smallest absolute Gasteiger partial charge is 0.134 e. The summed E-state index contributed by atoms with van der Waals surface area (Å²) in [7, 11) is 2.11. The minimum Gasteiger partial charge on any atom is -0.459 e. The zero-order valence-corrected chi connectivity index (χ0v) is 11.4. The van der Waals surface area contributed by atoms with Crippen LogP contribution in [0.1, 0.15) is 32.1 Å². The molecule has 0 aliphatic rings. The van der Waals surface area contributed by atoms with Crippen LogP contribution in [0.15, 0.2) is 34.7 Å². The van der Waals surface area contributed by atoms with Crippen molar-refractivity contribution in [3.05, 3.63) is 36.1 Å². The Bertz CT molecular complexity index is 473. The van der Waals surface area contributed by atoms with Gasteiger partial charge in [-0.3, -0.25) is 0 Å². The van der Waals surface area contributed by atoms with Crippen molar-refractivity contribution in [3.8, 4) is 0 Å². The van der Waals surface area contributed by atoms with Crippen molar-refractivity contribution >= 4 is 11.0 Å². The third kappa shape index (κ3) is 2.74. The molecule has 18 heavy (non-hydrogen) atoms. The van der Waals surface area contributed by atoms with Crippen molar-refractivity contribution in [1.82, 2.24) is 4.90 Å². The van der Waals surface area contributed by atoms with Crippen molar-refractivity contribution < 1.29 is 4.42 Å². The van der Waals surface area contributed by atoms with E-state index >= 15 is 0 Å². The van der Waals surface area contributed by atoms with Crippen LogP contribution in [0.25, 0.3) is 11.0 Å². The van der Waals surface area contributed by atoms with E-state index in [0.29, 0.717) is 6.04 Å². The van der Waals surface area contributed by atoms with Crippen LogP contribution in [-0.4, -0.2) is 24.5 Å². The Labute approximate surface area is 109 Å². The number of nitrogens with two attached hydrogens (primary N) is 1. The average molecular weight is 246 g/mol. The molecule has 2 N–H and O–H groups in total. The third-order valence-electron chi connectivity index (χ3n) is 3.64. The number of hydrogen-bond acceptors (Lipinski definition) is 3. The number of rotatable bonds is 5. The van der Waals surface area contributed by atoms with Crippen LogP contribution >= 0.6 is 0 Å². The maximum Gasteiger partial charge on any atom is 0.134 e. The molecule has 98 valence electrons. The van der Waals surface area contributed by atoms with E-state index in [4.69, 9.17) is 10.2 Å². The standard InChI is InChI=1S/C15H22N2O/c1-4-11(2)17(3)10-13(16)15-9-12-7-5-6-8-14(12)18-15/h5-9,11,13H,4,10,16H2,1-3H3. The van der Waals surface area contributed by atoms with Crippen LogP contribution in [0.2, 0.25) is 0 Å². The molecule has 0 saturated carbocycles. The first-order valence-electron chi connectivity index (χ1n) is 6.56. The molecular formula is C15H22N2O. The van der Waals surface area contributed by atoms with Crippen LogP contribution in [0.3, 0.4) is 0 Å². The van der Waals surface area contributed by atoms with Gasteiger partial charge in [-0.05, 0) is 32.5 Å². The first kappa shape index (κ1) is 13.1. The molecule has 0 aliphatic heterocycles. The van der Waals surface area contributed by atoms with Crippen molar-refractivity contribution in [1.29, 1.82) is 0 Å². The molecule has 0 bridgehead atoms. The highest BCUT2D eigenvalue weighted by Gasteiger charge is 2.16. The number of benzene rings is 1. The molecule has 1 heterocycles. The summed E-state index contributed by atoms with van der Waals surface area (Å²) in [5.41, 5.74) is 7.13. The molecule has 0 amide bonds. The Balaban J connectivity index is 2.11. The van der Waals surface area contributed by atoms with E-state index in [9.17, 15) is 0 Å². The highest BCUT2D eigenvalue weighted by atomic mass is 16.3. The van der Waals surface area contributed by atoms with Gasteiger partial charge in [-0.1, -0.05) is 25.1 Å². The number of hydrogen-bond donors (Lipinski definition) is 1. The number of nitrogens with zero attached hydrogens (tertiary/aromatic N) is 1. The van der Waals surface area contributed by atoms with E-state index in [1.54, 1.807) is 0 Å². The quantitative estimate of drug-likeness (QED) is 0.881. The number of para-hydroxylation sites is 1. The zero-order chi connectivity index (χ0) is 13.1. The van der Waals surface area contributed by atoms with Crippen LogP contribution < -0.4 is 5.73 Å². The minimum atomic E-state index is -0.0728. The molecule has 0 radical (unpaired) electrons. The summed E-state index contributed by atoms with van der Waals surface area (Å²) in [5, 5.41) is 1.12. The van der Waals surface area contributed by atoms with Crippen molar-refractivity contribution in [2.24, 2.45) is 5.73 Å². The van der Waals surface area contributed by atoms with Gasteiger partial charge < -0.3 is 15.1 Å². The molecule has 2 aromatic rings. The van der Waals surface area contributed by atoms with Gasteiger partial charge >= 0.3 is 0 Å². The maximum atomic E-state index is 6.22. The monoisotopic (exact) mass is 246 g/mol. The van der Waals surface area contributed by atoms with Gasteiger partial charge in [0, 0.05) is 18.0 Å². The Kier molecular flexibility index (Phi) is 4.04. The lowest BCUT2D eigenvalue weighted by Crippen LogP contribution is -2.35. The van der Waals surface area contributed by atoms with Crippen molar-refractivity contribution in [2.75, 3.05) is 13.6 Å². The highest BCUT2D eigenvalue weighted by Crippen LogP contribution is 2.23. The van der Waals surface area contributed by atoms with Crippen molar-refractivity contribution in [2.45, 2.75) is 32.4 Å². The van der Waals surface area contributed by atoms with Gasteiger partial charge in [0.1, 0.15) is 11.3 Å². The summed E-state index contributed by atoms with van der Waals surface area (Å²) in [6.07, 6.45) is 1.13. The van der Waals surface area contributed by atoms with Crippen LogP contribution in [0.4, 0.5) is 0 Å². The van der Waals surface area contributed by atoms with E-state index in [1.807, 2.05) is 30.3 Å². The van der Waals surface area contributed by atoms with E-state index in [-0.39, 0.29) is 6.04 Å². The summed E-state index contributed by atoms with van der Waals surface area (Å²) in [6, 6.07) is 10.5. The first-order chi connectivity index (χ1) is 8.61. The molecular weight excluding hydrogens is 224 g/mol. The molecule has 0 saturated heterocycles. The minimum absolute atomic E-state index is 0.0728. The van der Waals surface area contributed by atoms with Crippen LogP contribution in [-0.2, 0) is 0 Å². The predicted octanol–water partition coefficient (Wildman–Crippen LogP) is 3.16. The second-order valence-corrected chi connectivity index (χ2v) is 4.99. The predicted molar refractivity (Wildman–Crippen MR) is 75.5 cm³/mol. The number of fused-ring (bicyclic) bond motifs is 1. The lowest BCUT2D eigenvalue weighted by molar-refractivity contribution is 0.230. The van der Waals surface area contributed by atoms with Gasteiger partial charge in [0.05, 0.1) is 6.04 Å². The van der Waals surface area contributed by atoms with Gasteiger partial charge in [-0.15, -0.1) is 0 Å². The molecule has 0 fully saturated rings. The van der Waals surface area contributed by atoms with Gasteiger partial charge in [-0.2, -0.15) is 0 Å². The van der Waals surface area contributed by atoms with Gasteiger partial charge in [0.15, 0.2) is 0 Å². The summed E-state index contributed by atoms with van der Waals surface area (Å²) in [5.74, 6) is 0.867. The fourth-order valence-electron chi connectivity index (χ4n) is 2.08. The maximum absolute atomic E-state index is 6.22. The van der Waals surface area contributed by atoms with E-state index in [2.05, 4.69) is 25.8 Å². The van der Waals surface area contributed by atoms with E-state index in [1.165, 1.54) is 0 Å². The Morgan fingerprint density at radius 1 is 1.33 bits per heavy atom. The average Bonchev–Trinajstić information content (AvgIpc) is 2.81. The third-order valence-corrected chi connectivity index (χ3v) is 3.64. The molecule has 3 nitrogen and oxygen atoms in total. The van der Waals surface area contributed by atoms with Crippen LogP contribution in [0.5, 0.6) is 0 Å². The fourth-order valence-corrected chi connectivity index (χ4v) is 2.08. The van der Waals surface area contributed by atoms with Gasteiger partial charge in [0.2, 0.25) is 0 Å². The largest absolute Gasteiger partial charge is 0.459 e. The molecule has 1 aromatic carbocycles. The summed E-state index contributed by atoms with van der Waals surface area (Å²) in [4.78, 5) is 2.28. The van der Waals surface area contributed by atoms with E-state index in [0.717, 1.165) is 29.7 Å². The second kappa shape index (κ2) is 5.55. The van der Waals surface area contributed by atoms with Crippen LogP contribution in [0, 0.1) is 0 Å². The zero-order valence-electron chi connectivity index (χ0n) is 11.4.